The summed E-state index contributed by atoms with van der Waals surface area (Å²) in [5, 5.41) is 3.58. The number of hydrogen-bond donors (Lipinski definition) is 1. The molecule has 0 spiro atoms. The third-order valence-corrected chi connectivity index (χ3v) is 4.12. The second-order valence-corrected chi connectivity index (χ2v) is 6.35. The lowest BCUT2D eigenvalue weighted by Crippen LogP contribution is -2.29. The third-order valence-electron chi connectivity index (χ3n) is 4.12. The Bertz CT molecular complexity index is 369. The summed E-state index contributed by atoms with van der Waals surface area (Å²) >= 11 is 0. The number of aryl methyl sites for hydroxylation is 1. The molecular weight excluding hydrogens is 208 g/mol. The first-order chi connectivity index (χ1) is 7.73. The zero-order valence-electron chi connectivity index (χ0n) is 12.5. The highest BCUT2D eigenvalue weighted by molar-refractivity contribution is 5.26. The molecule has 1 atom stereocenters. The maximum absolute atomic E-state index is 3.58. The quantitative estimate of drug-likeness (QED) is 0.847. The molecule has 0 radical (unpaired) electrons. The highest BCUT2D eigenvalue weighted by Gasteiger charge is 2.19. The zero-order valence-corrected chi connectivity index (χ0v) is 12.5. The Labute approximate surface area is 106 Å². The van der Waals surface area contributed by atoms with Gasteiger partial charge in [-0.25, -0.2) is 0 Å². The Kier molecular flexibility index (Phi) is 4.42. The lowest BCUT2D eigenvalue weighted by atomic mass is 9.82. The van der Waals surface area contributed by atoms with E-state index in [0.717, 1.165) is 13.1 Å². The van der Waals surface area contributed by atoms with Crippen molar-refractivity contribution in [3.63, 3.8) is 0 Å². The maximum Gasteiger partial charge on any atom is 0.0223 e. The fourth-order valence-electron chi connectivity index (χ4n) is 1.84. The van der Waals surface area contributed by atoms with Gasteiger partial charge in [0.2, 0.25) is 0 Å². The van der Waals surface area contributed by atoms with E-state index in [1.165, 1.54) is 17.0 Å². The van der Waals surface area contributed by atoms with Crippen molar-refractivity contribution < 1.29 is 0 Å². The van der Waals surface area contributed by atoms with Gasteiger partial charge in [-0.3, -0.25) is 0 Å². The monoisotopic (exact) mass is 236 g/mol. The Morgan fingerprint density at radius 1 is 1.29 bits per heavy atom. The van der Waals surface area contributed by atoms with Crippen LogP contribution < -0.4 is 5.32 Å². The molecule has 0 fully saturated rings. The number of rotatable bonds is 4. The van der Waals surface area contributed by atoms with E-state index in [4.69, 9.17) is 0 Å². The minimum absolute atomic E-state index is 0.384. The van der Waals surface area contributed by atoms with Crippen molar-refractivity contribution in [2.45, 2.75) is 48.1 Å². The van der Waals surface area contributed by atoms with Gasteiger partial charge in [0.05, 0.1) is 0 Å². The molecule has 0 aliphatic rings. The predicted octanol–water partition coefficient (Wildman–Crippen LogP) is 3.41. The van der Waals surface area contributed by atoms with Crippen molar-refractivity contribution in [2.24, 2.45) is 18.4 Å². The van der Waals surface area contributed by atoms with Gasteiger partial charge >= 0.3 is 0 Å². The SMILES string of the molecule is Cc1cc(CNCC(C)C(C)(C)C)c(C)n1C. The maximum atomic E-state index is 3.58. The second-order valence-electron chi connectivity index (χ2n) is 6.35. The summed E-state index contributed by atoms with van der Waals surface area (Å²) in [6.45, 7) is 15.6. The van der Waals surface area contributed by atoms with Gasteiger partial charge in [0.25, 0.3) is 0 Å². The topological polar surface area (TPSA) is 17.0 Å². The molecule has 98 valence electrons. The van der Waals surface area contributed by atoms with Crippen LogP contribution >= 0.6 is 0 Å². The van der Waals surface area contributed by atoms with E-state index < -0.39 is 0 Å². The molecule has 0 amide bonds. The van der Waals surface area contributed by atoms with E-state index in [0.29, 0.717) is 11.3 Å². The Morgan fingerprint density at radius 2 is 1.88 bits per heavy atom. The first-order valence-electron chi connectivity index (χ1n) is 6.56. The fourth-order valence-corrected chi connectivity index (χ4v) is 1.84. The van der Waals surface area contributed by atoms with Crippen LogP contribution in [0.15, 0.2) is 6.07 Å². The van der Waals surface area contributed by atoms with Crippen LogP contribution in [0.4, 0.5) is 0 Å². The molecule has 0 aliphatic heterocycles. The summed E-state index contributed by atoms with van der Waals surface area (Å²) in [6, 6.07) is 2.28. The Morgan fingerprint density at radius 3 is 2.29 bits per heavy atom. The largest absolute Gasteiger partial charge is 0.352 e. The summed E-state index contributed by atoms with van der Waals surface area (Å²) in [5.74, 6) is 0.688. The van der Waals surface area contributed by atoms with E-state index in [-0.39, 0.29) is 0 Å². The van der Waals surface area contributed by atoms with Gasteiger partial charge in [0.1, 0.15) is 0 Å². The highest BCUT2D eigenvalue weighted by atomic mass is 15.0. The minimum Gasteiger partial charge on any atom is -0.352 e. The van der Waals surface area contributed by atoms with Crippen molar-refractivity contribution >= 4 is 0 Å². The molecule has 1 aromatic rings. The average Bonchev–Trinajstić information content (AvgIpc) is 2.45. The lowest BCUT2D eigenvalue weighted by molar-refractivity contribution is 0.252. The van der Waals surface area contributed by atoms with Crippen molar-refractivity contribution in [1.82, 2.24) is 9.88 Å². The van der Waals surface area contributed by atoms with Gasteiger partial charge in [-0.1, -0.05) is 27.7 Å². The molecule has 1 N–H and O–H groups in total. The van der Waals surface area contributed by atoms with Gasteiger partial charge in [-0.15, -0.1) is 0 Å². The van der Waals surface area contributed by atoms with E-state index >= 15 is 0 Å². The molecule has 0 bridgehead atoms. The molecule has 17 heavy (non-hydrogen) atoms. The van der Waals surface area contributed by atoms with Crippen LogP contribution in [0.25, 0.3) is 0 Å². The molecular formula is C15H28N2. The van der Waals surface area contributed by atoms with Gasteiger partial charge in [-0.2, -0.15) is 0 Å². The summed E-state index contributed by atoms with van der Waals surface area (Å²) in [6.07, 6.45) is 0. The molecule has 1 unspecified atom stereocenters. The van der Waals surface area contributed by atoms with Crippen LogP contribution in [-0.2, 0) is 13.6 Å². The standard InChI is InChI=1S/C15H28N2/c1-11(15(4,5)6)9-16-10-14-8-12(2)17(7)13(14)3/h8,11,16H,9-10H2,1-7H3. The lowest BCUT2D eigenvalue weighted by Gasteiger charge is -2.27. The van der Waals surface area contributed by atoms with Crippen LogP contribution in [0, 0.1) is 25.2 Å². The summed E-state index contributed by atoms with van der Waals surface area (Å²) in [5.41, 5.74) is 4.52. The van der Waals surface area contributed by atoms with Gasteiger partial charge < -0.3 is 9.88 Å². The van der Waals surface area contributed by atoms with Crippen LogP contribution in [0.1, 0.15) is 44.6 Å². The van der Waals surface area contributed by atoms with Crippen LogP contribution in [-0.4, -0.2) is 11.1 Å². The normalized spacial score (nSPS) is 14.1. The van der Waals surface area contributed by atoms with Crippen molar-refractivity contribution in [3.05, 3.63) is 23.0 Å². The first-order valence-corrected chi connectivity index (χ1v) is 6.56. The highest BCUT2D eigenvalue weighted by Crippen LogP contribution is 2.24. The summed E-state index contributed by atoms with van der Waals surface area (Å²) in [4.78, 5) is 0. The van der Waals surface area contributed by atoms with Crippen LogP contribution in [0.2, 0.25) is 0 Å². The minimum atomic E-state index is 0.384. The zero-order chi connectivity index (χ0) is 13.2. The number of nitrogens with one attached hydrogen (secondary N) is 1. The van der Waals surface area contributed by atoms with E-state index in [1.54, 1.807) is 0 Å². The first kappa shape index (κ1) is 14.3. The molecule has 0 aromatic carbocycles. The Hall–Kier alpha value is -0.760. The van der Waals surface area contributed by atoms with Crippen molar-refractivity contribution in [2.75, 3.05) is 6.54 Å². The molecule has 2 heteroatoms. The molecule has 2 nitrogen and oxygen atoms in total. The third kappa shape index (κ3) is 3.60. The molecule has 0 saturated carbocycles. The second kappa shape index (κ2) is 5.26. The Balaban J connectivity index is 2.49. The smallest absolute Gasteiger partial charge is 0.0223 e. The van der Waals surface area contributed by atoms with Gasteiger partial charge in [0, 0.05) is 25.0 Å². The number of hydrogen-bond acceptors (Lipinski definition) is 1. The number of nitrogens with zero attached hydrogens (tertiary/aromatic N) is 1. The average molecular weight is 236 g/mol. The van der Waals surface area contributed by atoms with Gasteiger partial charge in [-0.05, 0) is 43.4 Å². The van der Waals surface area contributed by atoms with Crippen LogP contribution in [0.3, 0.4) is 0 Å². The van der Waals surface area contributed by atoms with Crippen molar-refractivity contribution in [1.29, 1.82) is 0 Å². The van der Waals surface area contributed by atoms with Gasteiger partial charge in [0.15, 0.2) is 0 Å². The molecule has 0 saturated heterocycles. The molecule has 0 aliphatic carbocycles. The van der Waals surface area contributed by atoms with E-state index in [9.17, 15) is 0 Å². The molecule has 1 heterocycles. The predicted molar refractivity (Wildman–Crippen MR) is 75.2 cm³/mol. The van der Waals surface area contributed by atoms with E-state index in [2.05, 4.69) is 64.5 Å². The van der Waals surface area contributed by atoms with Crippen molar-refractivity contribution in [3.8, 4) is 0 Å². The van der Waals surface area contributed by atoms with E-state index in [1.807, 2.05) is 0 Å². The fraction of sp³-hybridized carbons (Fsp3) is 0.733. The summed E-state index contributed by atoms with van der Waals surface area (Å²) in [7, 11) is 2.13. The molecule has 1 aromatic heterocycles. The van der Waals surface area contributed by atoms with Crippen LogP contribution in [0.5, 0.6) is 0 Å². The molecule has 1 rings (SSSR count). The number of aromatic nitrogens is 1. The summed E-state index contributed by atoms with van der Waals surface area (Å²) < 4.78 is 2.25.